The Balaban J connectivity index is 1.61. The molecule has 144 valence electrons. The molecular weight excluding hydrogens is 328 g/mol. The molecule has 0 unspecified atom stereocenters. The lowest BCUT2D eigenvalue weighted by molar-refractivity contribution is 0.0732. The van der Waals surface area contributed by atoms with Crippen LogP contribution in [0.4, 0.5) is 0 Å². The summed E-state index contributed by atoms with van der Waals surface area (Å²) in [5.74, 6) is 0.793. The van der Waals surface area contributed by atoms with Gasteiger partial charge >= 0.3 is 0 Å². The summed E-state index contributed by atoms with van der Waals surface area (Å²) in [6.45, 7) is 3.14. The van der Waals surface area contributed by atoms with Crippen molar-refractivity contribution in [2.24, 2.45) is 10.4 Å². The molecule has 6 nitrogen and oxygen atoms in total. The van der Waals surface area contributed by atoms with Crippen LogP contribution < -0.4 is 16.0 Å². The fraction of sp³-hybridized carbons (Fsp3) is 0.600. The first-order valence-electron chi connectivity index (χ1n) is 9.46. The van der Waals surface area contributed by atoms with Crippen LogP contribution in [0, 0.1) is 5.41 Å². The highest BCUT2D eigenvalue weighted by atomic mass is 16.5. The van der Waals surface area contributed by atoms with E-state index in [1.165, 1.54) is 19.3 Å². The van der Waals surface area contributed by atoms with E-state index in [1.54, 1.807) is 14.2 Å². The maximum absolute atomic E-state index is 12.0. The number of hydrogen-bond donors (Lipinski definition) is 3. The molecular formula is C20H32N4O2. The number of rotatable bonds is 10. The summed E-state index contributed by atoms with van der Waals surface area (Å²) in [5.41, 5.74) is 1.05. The van der Waals surface area contributed by atoms with E-state index >= 15 is 0 Å². The summed E-state index contributed by atoms with van der Waals surface area (Å²) in [7, 11) is 3.55. The van der Waals surface area contributed by atoms with Gasteiger partial charge in [-0.1, -0.05) is 24.6 Å². The second kappa shape index (κ2) is 10.8. The minimum atomic E-state index is -0.0295. The van der Waals surface area contributed by atoms with Crippen LogP contribution in [0.3, 0.4) is 0 Å². The van der Waals surface area contributed by atoms with E-state index in [0.29, 0.717) is 17.5 Å². The number of carbonyl (C=O) groups is 1. The standard InChI is InChI=1S/C20H32N4O2/c1-21-19(24-16-20(10-6-11-20)12-15-26-2)23-14-7-13-22-18(25)17-8-4-3-5-9-17/h3-5,8-9H,6-7,10-16H2,1-2H3,(H,22,25)(H2,21,23,24). The molecule has 1 aliphatic carbocycles. The molecule has 1 aliphatic rings. The van der Waals surface area contributed by atoms with E-state index in [-0.39, 0.29) is 5.91 Å². The quantitative estimate of drug-likeness (QED) is 0.340. The highest BCUT2D eigenvalue weighted by Gasteiger charge is 2.36. The van der Waals surface area contributed by atoms with Crippen LogP contribution >= 0.6 is 0 Å². The number of amides is 1. The first-order valence-corrected chi connectivity index (χ1v) is 9.46. The lowest BCUT2D eigenvalue weighted by Crippen LogP contribution is -2.47. The van der Waals surface area contributed by atoms with Gasteiger partial charge in [0.15, 0.2) is 5.96 Å². The van der Waals surface area contributed by atoms with Gasteiger partial charge in [-0.15, -0.1) is 0 Å². The SMILES string of the molecule is CN=C(NCCCNC(=O)c1ccccc1)NCC1(CCOC)CCC1. The predicted octanol–water partition coefficient (Wildman–Crippen LogP) is 2.18. The third-order valence-corrected chi connectivity index (χ3v) is 5.07. The fourth-order valence-electron chi connectivity index (χ4n) is 3.19. The second-order valence-corrected chi connectivity index (χ2v) is 6.92. The zero-order chi connectivity index (χ0) is 18.7. The van der Waals surface area contributed by atoms with Crippen molar-refractivity contribution in [3.05, 3.63) is 35.9 Å². The Hall–Kier alpha value is -2.08. The van der Waals surface area contributed by atoms with Gasteiger partial charge in [0.05, 0.1) is 0 Å². The fourth-order valence-corrected chi connectivity index (χ4v) is 3.19. The lowest BCUT2D eigenvalue weighted by atomic mass is 9.67. The highest BCUT2D eigenvalue weighted by molar-refractivity contribution is 5.94. The van der Waals surface area contributed by atoms with Crippen molar-refractivity contribution in [2.45, 2.75) is 32.1 Å². The van der Waals surface area contributed by atoms with E-state index in [1.807, 2.05) is 30.3 Å². The normalized spacial score (nSPS) is 15.8. The molecule has 1 amide bonds. The third-order valence-electron chi connectivity index (χ3n) is 5.07. The Morgan fingerprint density at radius 2 is 1.88 bits per heavy atom. The molecule has 2 rings (SSSR count). The van der Waals surface area contributed by atoms with E-state index in [9.17, 15) is 4.79 Å². The van der Waals surface area contributed by atoms with E-state index in [2.05, 4.69) is 20.9 Å². The van der Waals surface area contributed by atoms with Crippen LogP contribution in [-0.2, 0) is 4.74 Å². The van der Waals surface area contributed by atoms with Gasteiger partial charge in [0, 0.05) is 46.0 Å². The molecule has 1 fully saturated rings. The van der Waals surface area contributed by atoms with Crippen LogP contribution in [0.25, 0.3) is 0 Å². The average Bonchev–Trinajstić information content (AvgIpc) is 2.65. The molecule has 1 aromatic rings. The first-order chi connectivity index (χ1) is 12.7. The number of methoxy groups -OCH3 is 1. The summed E-state index contributed by atoms with van der Waals surface area (Å²) in [6.07, 6.45) is 5.75. The molecule has 6 heteroatoms. The number of benzene rings is 1. The summed E-state index contributed by atoms with van der Waals surface area (Å²) < 4.78 is 5.24. The maximum Gasteiger partial charge on any atom is 0.251 e. The van der Waals surface area contributed by atoms with Crippen molar-refractivity contribution in [2.75, 3.05) is 40.4 Å². The molecule has 1 aromatic carbocycles. The first kappa shape index (κ1) is 20.2. The minimum Gasteiger partial charge on any atom is -0.385 e. The van der Waals surface area contributed by atoms with Crippen molar-refractivity contribution >= 4 is 11.9 Å². The number of nitrogens with zero attached hydrogens (tertiary/aromatic N) is 1. The average molecular weight is 361 g/mol. The van der Waals surface area contributed by atoms with Crippen molar-refractivity contribution in [1.82, 2.24) is 16.0 Å². The number of nitrogens with one attached hydrogen (secondary N) is 3. The van der Waals surface area contributed by atoms with Gasteiger partial charge in [-0.2, -0.15) is 0 Å². The topological polar surface area (TPSA) is 74.8 Å². The molecule has 0 bridgehead atoms. The summed E-state index contributed by atoms with van der Waals surface area (Å²) in [6, 6.07) is 9.28. The zero-order valence-corrected chi connectivity index (χ0v) is 16.0. The van der Waals surface area contributed by atoms with Gasteiger partial charge in [0.1, 0.15) is 0 Å². The Kier molecular flexibility index (Phi) is 8.41. The molecule has 1 saturated carbocycles. The molecule has 3 N–H and O–H groups in total. The zero-order valence-electron chi connectivity index (χ0n) is 16.0. The Bertz CT molecular complexity index is 570. The van der Waals surface area contributed by atoms with E-state index in [0.717, 1.165) is 38.5 Å². The number of carbonyl (C=O) groups excluding carboxylic acids is 1. The molecule has 0 aromatic heterocycles. The number of guanidine groups is 1. The van der Waals surface area contributed by atoms with E-state index in [4.69, 9.17) is 4.74 Å². The predicted molar refractivity (Wildman–Crippen MR) is 106 cm³/mol. The van der Waals surface area contributed by atoms with Gasteiger partial charge in [0.25, 0.3) is 5.91 Å². The van der Waals surface area contributed by atoms with Crippen LogP contribution in [0.1, 0.15) is 42.5 Å². The lowest BCUT2D eigenvalue weighted by Gasteiger charge is -2.42. The Morgan fingerprint density at radius 3 is 2.50 bits per heavy atom. The smallest absolute Gasteiger partial charge is 0.251 e. The van der Waals surface area contributed by atoms with Gasteiger partial charge in [-0.05, 0) is 43.2 Å². The number of ether oxygens (including phenoxy) is 1. The monoisotopic (exact) mass is 360 g/mol. The molecule has 0 heterocycles. The molecule has 0 saturated heterocycles. The van der Waals surface area contributed by atoms with Gasteiger partial charge < -0.3 is 20.7 Å². The van der Waals surface area contributed by atoms with Gasteiger partial charge in [-0.25, -0.2) is 0 Å². The second-order valence-electron chi connectivity index (χ2n) is 6.92. The largest absolute Gasteiger partial charge is 0.385 e. The summed E-state index contributed by atoms with van der Waals surface area (Å²) in [5, 5.41) is 9.69. The number of hydrogen-bond acceptors (Lipinski definition) is 3. The molecule has 0 atom stereocenters. The Morgan fingerprint density at radius 1 is 1.15 bits per heavy atom. The maximum atomic E-state index is 12.0. The number of aliphatic imine (C=N–C) groups is 1. The van der Waals surface area contributed by atoms with Crippen LogP contribution in [0.2, 0.25) is 0 Å². The molecule has 0 spiro atoms. The van der Waals surface area contributed by atoms with Gasteiger partial charge in [0.2, 0.25) is 0 Å². The Labute approximate surface area is 156 Å². The molecule has 26 heavy (non-hydrogen) atoms. The molecule has 0 aliphatic heterocycles. The highest BCUT2D eigenvalue weighted by Crippen LogP contribution is 2.43. The third kappa shape index (κ3) is 6.33. The van der Waals surface area contributed by atoms with Gasteiger partial charge in [-0.3, -0.25) is 9.79 Å². The van der Waals surface area contributed by atoms with Crippen molar-refractivity contribution in [3.63, 3.8) is 0 Å². The van der Waals surface area contributed by atoms with Crippen LogP contribution in [-0.4, -0.2) is 52.3 Å². The van der Waals surface area contributed by atoms with Crippen LogP contribution in [0.15, 0.2) is 35.3 Å². The van der Waals surface area contributed by atoms with Crippen molar-refractivity contribution in [1.29, 1.82) is 0 Å². The molecule has 0 radical (unpaired) electrons. The van der Waals surface area contributed by atoms with Crippen molar-refractivity contribution < 1.29 is 9.53 Å². The summed E-state index contributed by atoms with van der Waals surface area (Å²) >= 11 is 0. The van der Waals surface area contributed by atoms with E-state index < -0.39 is 0 Å². The van der Waals surface area contributed by atoms with Crippen molar-refractivity contribution in [3.8, 4) is 0 Å². The minimum absolute atomic E-state index is 0.0295. The summed E-state index contributed by atoms with van der Waals surface area (Å²) in [4.78, 5) is 16.2. The van der Waals surface area contributed by atoms with Crippen LogP contribution in [0.5, 0.6) is 0 Å².